The molecule has 1 aliphatic heterocycles. The van der Waals surface area contributed by atoms with Crippen LogP contribution in [0.1, 0.15) is 16.7 Å². The number of hydrogen-bond donors (Lipinski definition) is 2. The summed E-state index contributed by atoms with van der Waals surface area (Å²) in [5.41, 5.74) is 3.25. The third kappa shape index (κ3) is 4.89. The molecular weight excluding hydrogens is 336 g/mol. The van der Waals surface area contributed by atoms with Crippen LogP contribution >= 0.6 is 0 Å². The van der Waals surface area contributed by atoms with Gasteiger partial charge in [-0.3, -0.25) is 0 Å². The molecule has 0 aromatic heterocycles. The second-order valence-corrected chi connectivity index (χ2v) is 8.21. The number of aryl methyl sites for hydroxylation is 1. The average Bonchev–Trinajstić information content (AvgIpc) is 2.62. The summed E-state index contributed by atoms with van der Waals surface area (Å²) in [4.78, 5) is 1.77. The molecule has 0 saturated carbocycles. The van der Waals surface area contributed by atoms with E-state index < -0.39 is 10.0 Å². The van der Waals surface area contributed by atoms with Crippen LogP contribution < -0.4 is 9.62 Å². The summed E-state index contributed by atoms with van der Waals surface area (Å²) in [5.74, 6) is 0. The zero-order valence-corrected chi connectivity index (χ0v) is 15.3. The van der Waals surface area contributed by atoms with Gasteiger partial charge in [0.15, 0.2) is 0 Å². The maximum atomic E-state index is 12.5. The molecule has 2 aromatic carbocycles. The molecule has 0 amide bonds. The third-order valence-electron chi connectivity index (χ3n) is 4.54. The summed E-state index contributed by atoms with van der Waals surface area (Å²) >= 11 is 0. The van der Waals surface area contributed by atoms with Crippen LogP contribution in [0.2, 0.25) is 0 Å². The minimum atomic E-state index is -3.50. The molecule has 0 spiro atoms. The van der Waals surface area contributed by atoms with E-state index in [1.165, 1.54) is 10.5 Å². The van der Waals surface area contributed by atoms with Gasteiger partial charge in [0.05, 0.1) is 18.1 Å². The fourth-order valence-electron chi connectivity index (χ4n) is 2.98. The Morgan fingerprint density at radius 3 is 2.32 bits per heavy atom. The fourth-order valence-corrected chi connectivity index (χ4v) is 3.99. The molecule has 1 aliphatic rings. The zero-order chi connectivity index (χ0) is 17.7. The topological polar surface area (TPSA) is 59.8 Å². The number of benzene rings is 2. The molecule has 1 saturated heterocycles. The van der Waals surface area contributed by atoms with Gasteiger partial charge >= 0.3 is 0 Å². The highest BCUT2D eigenvalue weighted by Gasteiger charge is 2.18. The third-order valence-corrected chi connectivity index (χ3v) is 5.96. The molecule has 0 bridgehead atoms. The van der Waals surface area contributed by atoms with Crippen LogP contribution in [-0.4, -0.2) is 34.7 Å². The molecule has 25 heavy (non-hydrogen) atoms. The summed E-state index contributed by atoms with van der Waals surface area (Å²) in [6, 6.07) is 14.9. The number of rotatable bonds is 6. The van der Waals surface area contributed by atoms with Crippen LogP contribution in [0.5, 0.6) is 0 Å². The quantitative estimate of drug-likeness (QED) is 0.803. The van der Waals surface area contributed by atoms with Crippen molar-refractivity contribution in [1.82, 2.24) is 4.72 Å². The lowest BCUT2D eigenvalue weighted by atomic mass is 10.1. The van der Waals surface area contributed by atoms with Crippen LogP contribution in [0, 0.1) is 6.92 Å². The lowest BCUT2D eigenvalue weighted by Crippen LogP contribution is -3.12. The number of morpholine rings is 1. The fraction of sp³-hybridized carbons (Fsp3) is 0.368. The molecule has 1 fully saturated rings. The maximum absolute atomic E-state index is 12.5. The highest BCUT2D eigenvalue weighted by molar-refractivity contribution is 7.89. The van der Waals surface area contributed by atoms with Gasteiger partial charge in [-0.05, 0) is 24.6 Å². The van der Waals surface area contributed by atoms with E-state index in [4.69, 9.17) is 4.74 Å². The summed E-state index contributed by atoms with van der Waals surface area (Å²) in [6.07, 6.45) is 0. The smallest absolute Gasteiger partial charge is 0.240 e. The van der Waals surface area contributed by atoms with Gasteiger partial charge in [-0.1, -0.05) is 42.0 Å². The number of ether oxygens (including phenoxy) is 1. The number of nitrogens with one attached hydrogen (secondary N) is 2. The van der Waals surface area contributed by atoms with Gasteiger partial charge in [-0.2, -0.15) is 0 Å². The second-order valence-electron chi connectivity index (χ2n) is 6.45. The molecule has 3 rings (SSSR count). The minimum absolute atomic E-state index is 0.300. The summed E-state index contributed by atoms with van der Waals surface area (Å²) in [6.45, 7) is 6.69. The maximum Gasteiger partial charge on any atom is 0.240 e. The van der Waals surface area contributed by atoms with E-state index in [9.17, 15) is 8.42 Å². The molecule has 6 heteroatoms. The first-order valence-electron chi connectivity index (χ1n) is 8.59. The summed E-state index contributed by atoms with van der Waals surface area (Å²) in [5, 5.41) is 0. The van der Waals surface area contributed by atoms with Gasteiger partial charge in [0.2, 0.25) is 10.0 Å². The van der Waals surface area contributed by atoms with Gasteiger partial charge in [-0.25, -0.2) is 13.1 Å². The first-order chi connectivity index (χ1) is 12.0. The first kappa shape index (κ1) is 18.1. The van der Waals surface area contributed by atoms with Crippen molar-refractivity contribution in [2.24, 2.45) is 0 Å². The minimum Gasteiger partial charge on any atom is -0.370 e. The van der Waals surface area contributed by atoms with Gasteiger partial charge in [-0.15, -0.1) is 0 Å². The van der Waals surface area contributed by atoms with Crippen LogP contribution in [0.25, 0.3) is 0 Å². The monoisotopic (exact) mass is 361 g/mol. The molecule has 2 N–H and O–H groups in total. The summed E-state index contributed by atoms with van der Waals surface area (Å²) < 4.78 is 33.1. The lowest BCUT2D eigenvalue weighted by molar-refractivity contribution is -0.921. The molecular formula is C19H25N2O3S+. The Morgan fingerprint density at radius 2 is 1.64 bits per heavy atom. The Bertz CT molecular complexity index is 798. The molecule has 0 aliphatic carbocycles. The van der Waals surface area contributed by atoms with Crippen LogP contribution in [0.15, 0.2) is 53.4 Å². The molecule has 0 radical (unpaired) electrons. The van der Waals surface area contributed by atoms with Gasteiger partial charge in [0.25, 0.3) is 0 Å². The van der Waals surface area contributed by atoms with Crippen molar-refractivity contribution in [2.75, 3.05) is 26.3 Å². The molecule has 2 aromatic rings. The largest absolute Gasteiger partial charge is 0.370 e. The van der Waals surface area contributed by atoms with Crippen molar-refractivity contribution >= 4 is 10.0 Å². The Morgan fingerprint density at radius 1 is 1.00 bits per heavy atom. The molecule has 1 heterocycles. The predicted octanol–water partition coefficient (Wildman–Crippen LogP) is 0.889. The summed E-state index contributed by atoms with van der Waals surface area (Å²) in [7, 11) is -3.50. The number of hydrogen-bond acceptors (Lipinski definition) is 3. The van der Waals surface area contributed by atoms with Crippen LogP contribution in [0.3, 0.4) is 0 Å². The van der Waals surface area contributed by atoms with Crippen molar-refractivity contribution in [2.45, 2.75) is 24.9 Å². The zero-order valence-electron chi connectivity index (χ0n) is 14.5. The second kappa shape index (κ2) is 8.10. The Hall–Kier alpha value is -1.73. The van der Waals surface area contributed by atoms with Crippen molar-refractivity contribution < 1.29 is 18.1 Å². The van der Waals surface area contributed by atoms with E-state index in [0.717, 1.165) is 44.0 Å². The van der Waals surface area contributed by atoms with Gasteiger partial charge in [0.1, 0.15) is 19.6 Å². The molecule has 0 atom stereocenters. The van der Waals surface area contributed by atoms with E-state index in [-0.39, 0.29) is 0 Å². The molecule has 134 valence electrons. The Kier molecular flexibility index (Phi) is 5.86. The number of sulfonamides is 1. The SMILES string of the molecule is Cc1ccc(S(=O)(=O)NCc2ccccc2C[NH+]2CCOCC2)cc1. The first-order valence-corrected chi connectivity index (χ1v) is 10.1. The van der Waals surface area contributed by atoms with E-state index in [2.05, 4.69) is 10.8 Å². The van der Waals surface area contributed by atoms with E-state index >= 15 is 0 Å². The Labute approximate surface area is 149 Å². The lowest BCUT2D eigenvalue weighted by Gasteiger charge is -2.24. The van der Waals surface area contributed by atoms with Crippen molar-refractivity contribution in [3.8, 4) is 0 Å². The standard InChI is InChI=1S/C19H24N2O3S/c1-16-6-8-19(9-7-16)25(22,23)20-14-17-4-2-3-5-18(17)15-21-10-12-24-13-11-21/h2-9,20H,10-15H2,1H3/p+1. The molecule has 5 nitrogen and oxygen atoms in total. The van der Waals surface area contributed by atoms with Gasteiger partial charge < -0.3 is 9.64 Å². The van der Waals surface area contributed by atoms with Crippen molar-refractivity contribution in [1.29, 1.82) is 0 Å². The Balaban J connectivity index is 1.69. The predicted molar refractivity (Wildman–Crippen MR) is 96.9 cm³/mol. The number of quaternary nitrogens is 1. The van der Waals surface area contributed by atoms with E-state index in [0.29, 0.717) is 11.4 Å². The molecule has 0 unspecified atom stereocenters. The van der Waals surface area contributed by atoms with E-state index in [1.807, 2.05) is 37.3 Å². The highest BCUT2D eigenvalue weighted by Crippen LogP contribution is 2.12. The van der Waals surface area contributed by atoms with Crippen molar-refractivity contribution in [3.63, 3.8) is 0 Å². The van der Waals surface area contributed by atoms with Gasteiger partial charge in [0, 0.05) is 12.1 Å². The highest BCUT2D eigenvalue weighted by atomic mass is 32.2. The van der Waals surface area contributed by atoms with E-state index in [1.54, 1.807) is 12.1 Å². The average molecular weight is 361 g/mol. The normalized spacial score (nSPS) is 16.0. The van der Waals surface area contributed by atoms with Crippen LogP contribution in [-0.2, 0) is 27.8 Å². The van der Waals surface area contributed by atoms with Crippen molar-refractivity contribution in [3.05, 3.63) is 65.2 Å². The van der Waals surface area contributed by atoms with Crippen LogP contribution in [0.4, 0.5) is 0 Å².